The van der Waals surface area contributed by atoms with Gasteiger partial charge in [0.05, 0.1) is 16.4 Å². The summed E-state index contributed by atoms with van der Waals surface area (Å²) in [5.41, 5.74) is 2.77. The van der Waals surface area contributed by atoms with Crippen molar-refractivity contribution in [3.8, 4) is 0 Å². The molecule has 1 aromatic heterocycles. The molecule has 1 saturated carbocycles. The Morgan fingerprint density at radius 1 is 1.37 bits per heavy atom. The molecule has 1 aromatic carbocycles. The Kier molecular flexibility index (Phi) is 3.30. The van der Waals surface area contributed by atoms with Crippen molar-refractivity contribution in [1.82, 2.24) is 9.55 Å². The molecular formula is C16H21ClN2. The van der Waals surface area contributed by atoms with Gasteiger partial charge in [0, 0.05) is 6.54 Å². The number of nitrogens with zero attached hydrogens (tertiary/aromatic N) is 2. The van der Waals surface area contributed by atoms with Gasteiger partial charge in [-0.15, -0.1) is 11.6 Å². The normalized spacial score (nSPS) is 19.3. The monoisotopic (exact) mass is 276 g/mol. The van der Waals surface area contributed by atoms with Crippen molar-refractivity contribution in [3.63, 3.8) is 0 Å². The second-order valence-electron chi connectivity index (χ2n) is 5.87. The molecule has 1 unspecified atom stereocenters. The lowest BCUT2D eigenvalue weighted by Gasteiger charge is -2.42. The van der Waals surface area contributed by atoms with E-state index in [0.29, 0.717) is 5.41 Å². The van der Waals surface area contributed by atoms with Crippen LogP contribution in [0.3, 0.4) is 0 Å². The number of imidazole rings is 1. The summed E-state index contributed by atoms with van der Waals surface area (Å²) in [7, 11) is 0. The third kappa shape index (κ3) is 2.16. The SMILES string of the molecule is CCC1(Cn2c(C(C)Cl)nc3ccccc32)CCC1. The average molecular weight is 277 g/mol. The minimum absolute atomic E-state index is 0.0404. The predicted octanol–water partition coefficient (Wildman–Crippen LogP) is 4.92. The Morgan fingerprint density at radius 2 is 2.11 bits per heavy atom. The second-order valence-corrected chi connectivity index (χ2v) is 6.52. The highest BCUT2D eigenvalue weighted by Crippen LogP contribution is 2.46. The van der Waals surface area contributed by atoms with E-state index in [-0.39, 0.29) is 5.38 Å². The number of fused-ring (bicyclic) bond motifs is 1. The minimum Gasteiger partial charge on any atom is -0.326 e. The zero-order valence-electron chi connectivity index (χ0n) is 11.7. The Hall–Kier alpha value is -1.02. The van der Waals surface area contributed by atoms with Crippen molar-refractivity contribution in [2.45, 2.75) is 51.5 Å². The Balaban J connectivity index is 2.07. The molecule has 19 heavy (non-hydrogen) atoms. The first-order valence-electron chi connectivity index (χ1n) is 7.24. The third-order valence-electron chi connectivity index (χ3n) is 4.70. The molecule has 0 N–H and O–H groups in total. The summed E-state index contributed by atoms with van der Waals surface area (Å²) in [6.45, 7) is 5.39. The van der Waals surface area contributed by atoms with Crippen molar-refractivity contribution in [2.75, 3.05) is 0 Å². The molecule has 0 aliphatic heterocycles. The molecule has 1 aliphatic rings. The molecule has 1 atom stereocenters. The molecule has 0 radical (unpaired) electrons. The molecule has 0 amide bonds. The molecule has 1 heterocycles. The summed E-state index contributed by atoms with van der Waals surface area (Å²) in [4.78, 5) is 4.72. The number of halogens is 1. The van der Waals surface area contributed by atoms with E-state index in [0.717, 1.165) is 17.9 Å². The zero-order chi connectivity index (χ0) is 13.5. The van der Waals surface area contributed by atoms with E-state index in [1.807, 2.05) is 13.0 Å². The largest absolute Gasteiger partial charge is 0.326 e. The van der Waals surface area contributed by atoms with E-state index in [2.05, 4.69) is 29.7 Å². The molecule has 1 aliphatic carbocycles. The van der Waals surface area contributed by atoms with E-state index >= 15 is 0 Å². The average Bonchev–Trinajstić information content (AvgIpc) is 2.73. The highest BCUT2D eigenvalue weighted by Gasteiger charge is 2.36. The minimum atomic E-state index is -0.0404. The quantitative estimate of drug-likeness (QED) is 0.725. The summed E-state index contributed by atoms with van der Waals surface area (Å²) in [5, 5.41) is -0.0404. The molecule has 2 nitrogen and oxygen atoms in total. The zero-order valence-corrected chi connectivity index (χ0v) is 12.5. The molecule has 0 spiro atoms. The number of benzene rings is 1. The fraction of sp³-hybridized carbons (Fsp3) is 0.562. The van der Waals surface area contributed by atoms with Gasteiger partial charge in [-0.3, -0.25) is 0 Å². The summed E-state index contributed by atoms with van der Waals surface area (Å²) in [6, 6.07) is 8.37. The van der Waals surface area contributed by atoms with Gasteiger partial charge in [0.1, 0.15) is 5.82 Å². The van der Waals surface area contributed by atoms with E-state index in [1.54, 1.807) is 0 Å². The van der Waals surface area contributed by atoms with Crippen molar-refractivity contribution >= 4 is 22.6 Å². The number of rotatable bonds is 4. The maximum absolute atomic E-state index is 6.33. The van der Waals surface area contributed by atoms with E-state index < -0.39 is 0 Å². The van der Waals surface area contributed by atoms with Crippen LogP contribution in [0.2, 0.25) is 0 Å². The van der Waals surface area contributed by atoms with Crippen molar-refractivity contribution in [1.29, 1.82) is 0 Å². The lowest BCUT2D eigenvalue weighted by atomic mass is 9.67. The lowest BCUT2D eigenvalue weighted by molar-refractivity contribution is 0.101. The maximum Gasteiger partial charge on any atom is 0.127 e. The van der Waals surface area contributed by atoms with Crippen LogP contribution in [0.4, 0.5) is 0 Å². The number of para-hydroxylation sites is 2. The van der Waals surface area contributed by atoms with Gasteiger partial charge < -0.3 is 4.57 Å². The topological polar surface area (TPSA) is 17.8 Å². The van der Waals surface area contributed by atoms with Crippen LogP contribution in [0.1, 0.15) is 50.7 Å². The number of hydrogen-bond acceptors (Lipinski definition) is 1. The second kappa shape index (κ2) is 4.82. The van der Waals surface area contributed by atoms with Crippen LogP contribution in [0.25, 0.3) is 11.0 Å². The first kappa shape index (κ1) is 13.0. The smallest absolute Gasteiger partial charge is 0.127 e. The van der Waals surface area contributed by atoms with Gasteiger partial charge in [-0.25, -0.2) is 4.98 Å². The molecule has 0 saturated heterocycles. The number of alkyl halides is 1. The van der Waals surface area contributed by atoms with Gasteiger partial charge >= 0.3 is 0 Å². The Morgan fingerprint density at radius 3 is 2.68 bits per heavy atom. The van der Waals surface area contributed by atoms with Crippen LogP contribution in [0, 0.1) is 5.41 Å². The standard InChI is InChI=1S/C16H21ClN2/c1-3-16(9-6-10-16)11-19-14-8-5-4-7-13(14)18-15(19)12(2)17/h4-5,7-8,12H,3,6,9-11H2,1-2H3. The van der Waals surface area contributed by atoms with Crippen LogP contribution < -0.4 is 0 Å². The van der Waals surface area contributed by atoms with Gasteiger partial charge in [0.15, 0.2) is 0 Å². The van der Waals surface area contributed by atoms with E-state index in [1.165, 1.54) is 31.2 Å². The first-order chi connectivity index (χ1) is 9.15. The van der Waals surface area contributed by atoms with Crippen LogP contribution >= 0.6 is 11.6 Å². The van der Waals surface area contributed by atoms with Crippen molar-refractivity contribution in [3.05, 3.63) is 30.1 Å². The molecule has 3 rings (SSSR count). The molecular weight excluding hydrogens is 256 g/mol. The maximum atomic E-state index is 6.33. The Bertz CT molecular complexity index is 576. The fourth-order valence-corrected chi connectivity index (χ4v) is 3.37. The van der Waals surface area contributed by atoms with Gasteiger partial charge in [0.25, 0.3) is 0 Å². The predicted molar refractivity (Wildman–Crippen MR) is 80.6 cm³/mol. The van der Waals surface area contributed by atoms with Crippen molar-refractivity contribution in [2.24, 2.45) is 5.41 Å². The number of hydrogen-bond donors (Lipinski definition) is 0. The third-order valence-corrected chi connectivity index (χ3v) is 4.89. The van der Waals surface area contributed by atoms with E-state index in [4.69, 9.17) is 16.6 Å². The summed E-state index contributed by atoms with van der Waals surface area (Å²) in [6.07, 6.45) is 5.29. The molecule has 1 fully saturated rings. The van der Waals surface area contributed by atoms with Gasteiger partial charge in [-0.1, -0.05) is 25.5 Å². The molecule has 2 aromatic rings. The van der Waals surface area contributed by atoms with E-state index in [9.17, 15) is 0 Å². The summed E-state index contributed by atoms with van der Waals surface area (Å²) >= 11 is 6.33. The highest BCUT2D eigenvalue weighted by atomic mass is 35.5. The summed E-state index contributed by atoms with van der Waals surface area (Å²) in [5.74, 6) is 1.02. The van der Waals surface area contributed by atoms with Gasteiger partial charge in [-0.05, 0) is 43.7 Å². The van der Waals surface area contributed by atoms with Gasteiger partial charge in [-0.2, -0.15) is 0 Å². The summed E-state index contributed by atoms with van der Waals surface area (Å²) < 4.78 is 2.36. The lowest BCUT2D eigenvalue weighted by Crippen LogP contribution is -2.34. The molecule has 0 bridgehead atoms. The van der Waals surface area contributed by atoms with Crippen LogP contribution in [0.5, 0.6) is 0 Å². The number of aromatic nitrogens is 2. The van der Waals surface area contributed by atoms with Crippen LogP contribution in [0.15, 0.2) is 24.3 Å². The molecule has 102 valence electrons. The van der Waals surface area contributed by atoms with Crippen molar-refractivity contribution < 1.29 is 0 Å². The fourth-order valence-electron chi connectivity index (χ4n) is 3.20. The Labute approximate surface area is 119 Å². The van der Waals surface area contributed by atoms with Crippen LogP contribution in [-0.4, -0.2) is 9.55 Å². The van der Waals surface area contributed by atoms with Gasteiger partial charge in [0.2, 0.25) is 0 Å². The molecule has 3 heteroatoms. The highest BCUT2D eigenvalue weighted by molar-refractivity contribution is 6.20. The van der Waals surface area contributed by atoms with Crippen LogP contribution in [-0.2, 0) is 6.54 Å². The first-order valence-corrected chi connectivity index (χ1v) is 7.68.